The number of para-hydroxylation sites is 1. The molecule has 38 heavy (non-hydrogen) atoms. The number of nitrogens with zero attached hydrogens (tertiary/aromatic N) is 2. The molecular weight excluding hydrogens is 488 g/mol. The van der Waals surface area contributed by atoms with Crippen molar-refractivity contribution in [2.24, 2.45) is 0 Å². The summed E-state index contributed by atoms with van der Waals surface area (Å²) >= 11 is 1.49. The zero-order valence-corrected chi connectivity index (χ0v) is 22.7. The molecule has 1 aliphatic rings. The molecule has 2 amide bonds. The Morgan fingerprint density at radius 1 is 0.895 bits per heavy atom. The third kappa shape index (κ3) is 5.58. The number of rotatable bonds is 6. The highest BCUT2D eigenvalue weighted by Gasteiger charge is 2.29. The molecule has 0 spiro atoms. The van der Waals surface area contributed by atoms with E-state index in [-0.39, 0.29) is 11.8 Å². The third-order valence-electron chi connectivity index (χ3n) is 6.73. The predicted molar refractivity (Wildman–Crippen MR) is 156 cm³/mol. The fourth-order valence-corrected chi connectivity index (χ4v) is 5.64. The van der Waals surface area contributed by atoms with Crippen LogP contribution in [-0.4, -0.2) is 23.8 Å². The number of hydrogen-bond acceptors (Lipinski definition) is 3. The molecule has 5 heteroatoms. The van der Waals surface area contributed by atoms with Gasteiger partial charge in [0.05, 0.1) is 17.1 Å². The van der Waals surface area contributed by atoms with Crippen molar-refractivity contribution in [2.75, 3.05) is 11.9 Å². The van der Waals surface area contributed by atoms with Crippen LogP contribution < -0.4 is 4.90 Å². The van der Waals surface area contributed by atoms with Gasteiger partial charge in [-0.05, 0) is 66.4 Å². The monoisotopic (exact) mass is 518 g/mol. The van der Waals surface area contributed by atoms with Crippen LogP contribution in [0.4, 0.5) is 5.69 Å². The number of fused-ring (bicyclic) bond motifs is 1. The number of thioether (sulfide) groups is 1. The standard InChI is InChI=1S/C33H30N2O2S/c1-23-13-14-24(2)28(19-23)22-35-29-11-7-8-12-30(29)38-31(33(35)37)20-25-15-17-27(18-16-25)32(36)34(3)21-26-9-5-4-6-10-26/h4-20H,21-22H2,1-3H3. The quantitative estimate of drug-likeness (QED) is 0.252. The Morgan fingerprint density at radius 2 is 1.61 bits per heavy atom. The number of hydrogen-bond donors (Lipinski definition) is 0. The summed E-state index contributed by atoms with van der Waals surface area (Å²) in [4.78, 5) is 32.0. The second-order valence-electron chi connectivity index (χ2n) is 9.67. The van der Waals surface area contributed by atoms with Crippen LogP contribution in [0.25, 0.3) is 6.08 Å². The van der Waals surface area contributed by atoms with Crippen molar-refractivity contribution in [3.05, 3.63) is 135 Å². The molecule has 0 saturated carbocycles. The summed E-state index contributed by atoms with van der Waals surface area (Å²) in [7, 11) is 1.81. The lowest BCUT2D eigenvalue weighted by atomic mass is 10.0. The minimum atomic E-state index is -0.0372. The lowest BCUT2D eigenvalue weighted by Crippen LogP contribution is -2.34. The zero-order valence-electron chi connectivity index (χ0n) is 21.8. The molecule has 1 heterocycles. The van der Waals surface area contributed by atoms with E-state index in [1.54, 1.807) is 4.90 Å². The number of aryl methyl sites for hydroxylation is 2. The van der Waals surface area contributed by atoms with Gasteiger partial charge in [0.15, 0.2) is 0 Å². The molecular formula is C33H30N2O2S. The van der Waals surface area contributed by atoms with Gasteiger partial charge in [0.2, 0.25) is 0 Å². The van der Waals surface area contributed by atoms with Gasteiger partial charge in [0, 0.05) is 24.1 Å². The normalized spacial score (nSPS) is 13.9. The van der Waals surface area contributed by atoms with Gasteiger partial charge in [-0.15, -0.1) is 0 Å². The Hall–Kier alpha value is -4.09. The smallest absolute Gasteiger partial charge is 0.265 e. The lowest BCUT2D eigenvalue weighted by molar-refractivity contribution is -0.114. The van der Waals surface area contributed by atoms with Crippen molar-refractivity contribution in [1.82, 2.24) is 4.90 Å². The molecule has 1 aliphatic heterocycles. The van der Waals surface area contributed by atoms with Gasteiger partial charge in [-0.1, -0.05) is 90.1 Å². The number of anilines is 1. The van der Waals surface area contributed by atoms with Gasteiger partial charge in [0.1, 0.15) is 0 Å². The first kappa shape index (κ1) is 25.6. The van der Waals surface area contributed by atoms with Crippen molar-refractivity contribution in [1.29, 1.82) is 0 Å². The highest BCUT2D eigenvalue weighted by Crippen LogP contribution is 2.42. The van der Waals surface area contributed by atoms with E-state index in [0.29, 0.717) is 23.6 Å². The molecule has 0 unspecified atom stereocenters. The van der Waals surface area contributed by atoms with Crippen LogP contribution in [0.1, 0.15) is 38.2 Å². The molecule has 0 N–H and O–H groups in total. The lowest BCUT2D eigenvalue weighted by Gasteiger charge is -2.31. The number of amides is 2. The number of benzene rings is 4. The second-order valence-corrected chi connectivity index (χ2v) is 10.8. The summed E-state index contributed by atoms with van der Waals surface area (Å²) in [6, 6.07) is 31.8. The molecule has 5 rings (SSSR count). The maximum Gasteiger partial charge on any atom is 0.265 e. The fraction of sp³-hybridized carbons (Fsp3) is 0.152. The fourth-order valence-electron chi connectivity index (χ4n) is 4.58. The maximum atomic E-state index is 13.7. The number of carbonyl (C=O) groups excluding carboxylic acids is 2. The first-order chi connectivity index (χ1) is 18.4. The highest BCUT2D eigenvalue weighted by atomic mass is 32.2. The van der Waals surface area contributed by atoms with E-state index in [9.17, 15) is 9.59 Å². The maximum absolute atomic E-state index is 13.7. The van der Waals surface area contributed by atoms with Crippen LogP contribution in [-0.2, 0) is 17.9 Å². The molecule has 0 bridgehead atoms. The van der Waals surface area contributed by atoms with E-state index < -0.39 is 0 Å². The predicted octanol–water partition coefficient (Wildman–Crippen LogP) is 7.26. The minimum absolute atomic E-state index is 0.0163. The SMILES string of the molecule is Cc1ccc(C)c(CN2C(=O)C(=Cc3ccc(C(=O)N(C)Cc4ccccc4)cc3)Sc3ccccc32)c1. The minimum Gasteiger partial charge on any atom is -0.337 e. The van der Waals surface area contributed by atoms with Crippen molar-refractivity contribution in [2.45, 2.75) is 31.8 Å². The zero-order chi connectivity index (χ0) is 26.6. The molecule has 0 fully saturated rings. The summed E-state index contributed by atoms with van der Waals surface area (Å²) in [5.74, 6) is -0.0536. The first-order valence-electron chi connectivity index (χ1n) is 12.6. The molecule has 0 aromatic heterocycles. The van der Waals surface area contributed by atoms with Crippen molar-refractivity contribution < 1.29 is 9.59 Å². The van der Waals surface area contributed by atoms with Crippen LogP contribution >= 0.6 is 11.8 Å². The van der Waals surface area contributed by atoms with Gasteiger partial charge in [0.25, 0.3) is 11.8 Å². The van der Waals surface area contributed by atoms with Gasteiger partial charge in [-0.2, -0.15) is 0 Å². The first-order valence-corrected chi connectivity index (χ1v) is 13.5. The average molecular weight is 519 g/mol. The van der Waals surface area contributed by atoms with E-state index in [4.69, 9.17) is 0 Å². The molecule has 0 saturated heterocycles. The van der Waals surface area contributed by atoms with E-state index in [0.717, 1.165) is 27.3 Å². The van der Waals surface area contributed by atoms with Crippen LogP contribution in [0.3, 0.4) is 0 Å². The van der Waals surface area contributed by atoms with Gasteiger partial charge in [-0.3, -0.25) is 9.59 Å². The third-order valence-corrected chi connectivity index (χ3v) is 7.81. The summed E-state index contributed by atoms with van der Waals surface area (Å²) in [6.45, 7) is 5.22. The molecule has 0 atom stereocenters. The van der Waals surface area contributed by atoms with Crippen molar-refractivity contribution in [3.63, 3.8) is 0 Å². The molecule has 4 nitrogen and oxygen atoms in total. The van der Waals surface area contributed by atoms with Crippen LogP contribution in [0.5, 0.6) is 0 Å². The second kappa shape index (κ2) is 11.1. The molecule has 190 valence electrons. The van der Waals surface area contributed by atoms with Gasteiger partial charge < -0.3 is 9.80 Å². The van der Waals surface area contributed by atoms with E-state index in [2.05, 4.69) is 38.1 Å². The molecule has 0 aliphatic carbocycles. The molecule has 4 aromatic rings. The largest absolute Gasteiger partial charge is 0.337 e. The Labute approximate surface area is 228 Å². The van der Waals surface area contributed by atoms with Gasteiger partial charge >= 0.3 is 0 Å². The molecule has 4 aromatic carbocycles. The number of carbonyl (C=O) groups is 2. The van der Waals surface area contributed by atoms with Crippen LogP contribution in [0, 0.1) is 13.8 Å². The summed E-state index contributed by atoms with van der Waals surface area (Å²) in [5.41, 5.74) is 7.01. The Kier molecular flexibility index (Phi) is 7.47. The van der Waals surface area contributed by atoms with Crippen molar-refractivity contribution in [3.8, 4) is 0 Å². The van der Waals surface area contributed by atoms with E-state index >= 15 is 0 Å². The van der Waals surface area contributed by atoms with Crippen LogP contribution in [0.2, 0.25) is 0 Å². The van der Waals surface area contributed by atoms with Crippen LogP contribution in [0.15, 0.2) is 107 Å². The molecule has 0 radical (unpaired) electrons. The van der Waals surface area contributed by atoms with Crippen molar-refractivity contribution >= 4 is 35.3 Å². The Balaban J connectivity index is 1.38. The summed E-state index contributed by atoms with van der Waals surface area (Å²) in [5, 5.41) is 0. The van der Waals surface area contributed by atoms with E-state index in [1.807, 2.05) is 90.8 Å². The van der Waals surface area contributed by atoms with E-state index in [1.165, 1.54) is 22.9 Å². The summed E-state index contributed by atoms with van der Waals surface area (Å²) in [6.07, 6.45) is 1.92. The average Bonchev–Trinajstić information content (AvgIpc) is 2.93. The highest BCUT2D eigenvalue weighted by molar-refractivity contribution is 8.04. The Bertz CT molecular complexity index is 1510. The topological polar surface area (TPSA) is 40.6 Å². The summed E-state index contributed by atoms with van der Waals surface area (Å²) < 4.78 is 0. The Morgan fingerprint density at radius 3 is 2.37 bits per heavy atom. The van der Waals surface area contributed by atoms with Gasteiger partial charge in [-0.25, -0.2) is 0 Å².